The molecule has 0 bridgehead atoms. The Morgan fingerprint density at radius 3 is 2.17 bits per heavy atom. The Bertz CT molecular complexity index is 357. The van der Waals surface area contributed by atoms with Crippen LogP contribution in [0.3, 0.4) is 0 Å². The van der Waals surface area contributed by atoms with Gasteiger partial charge in [0.2, 0.25) is 0 Å². The maximum absolute atomic E-state index is 3.62. The molecule has 0 aliphatic carbocycles. The third kappa shape index (κ3) is 6.01. The minimum absolute atomic E-state index is 0.218. The van der Waals surface area contributed by atoms with Gasteiger partial charge in [-0.15, -0.1) is 11.3 Å². The summed E-state index contributed by atoms with van der Waals surface area (Å²) in [6.07, 6.45) is 3.63. The zero-order valence-corrected chi connectivity index (χ0v) is 13.7. The molecule has 1 rings (SSSR count). The van der Waals surface area contributed by atoms with E-state index < -0.39 is 0 Å². The Morgan fingerprint density at radius 2 is 1.67 bits per heavy atom. The number of hydrogen-bond donors (Lipinski definition) is 1. The van der Waals surface area contributed by atoms with Gasteiger partial charge in [-0.25, -0.2) is 0 Å². The van der Waals surface area contributed by atoms with Crippen molar-refractivity contribution in [1.82, 2.24) is 5.32 Å². The lowest BCUT2D eigenvalue weighted by Gasteiger charge is -2.30. The molecule has 104 valence electrons. The number of thiophene rings is 1. The molecule has 2 heteroatoms. The SMILES string of the molecule is CCc1ccc(CCC(C)(C)CNC(C)(C)C)s1. The van der Waals surface area contributed by atoms with Crippen LogP contribution in [0.25, 0.3) is 0 Å². The van der Waals surface area contributed by atoms with E-state index in [9.17, 15) is 0 Å². The van der Waals surface area contributed by atoms with Gasteiger partial charge in [0.05, 0.1) is 0 Å². The Kier molecular flexibility index (Phi) is 5.42. The molecule has 0 saturated heterocycles. The summed E-state index contributed by atoms with van der Waals surface area (Å²) < 4.78 is 0. The summed E-state index contributed by atoms with van der Waals surface area (Å²) in [5.74, 6) is 0. The molecule has 0 fully saturated rings. The second-order valence-corrected chi connectivity index (χ2v) is 8.24. The topological polar surface area (TPSA) is 12.0 Å². The second-order valence-electron chi connectivity index (χ2n) is 6.99. The Hall–Kier alpha value is -0.340. The highest BCUT2D eigenvalue weighted by Crippen LogP contribution is 2.26. The van der Waals surface area contributed by atoms with Crippen molar-refractivity contribution in [1.29, 1.82) is 0 Å². The molecule has 1 N–H and O–H groups in total. The summed E-state index contributed by atoms with van der Waals surface area (Å²) in [5, 5.41) is 3.62. The van der Waals surface area contributed by atoms with E-state index in [0.29, 0.717) is 5.41 Å². The number of nitrogens with one attached hydrogen (secondary N) is 1. The molecule has 1 nitrogen and oxygen atoms in total. The van der Waals surface area contributed by atoms with Crippen LogP contribution in [0.5, 0.6) is 0 Å². The van der Waals surface area contributed by atoms with Crippen molar-refractivity contribution in [2.45, 2.75) is 66.3 Å². The molecule has 0 unspecified atom stereocenters. The molecular weight excluding hydrogens is 238 g/mol. The first kappa shape index (κ1) is 15.7. The fourth-order valence-electron chi connectivity index (χ4n) is 1.80. The summed E-state index contributed by atoms with van der Waals surface area (Å²) in [5.41, 5.74) is 0.583. The third-order valence-corrected chi connectivity index (χ3v) is 4.50. The second kappa shape index (κ2) is 6.21. The molecule has 0 aromatic carbocycles. The predicted octanol–water partition coefficient (Wildman–Crippen LogP) is 4.66. The van der Waals surface area contributed by atoms with Crippen LogP contribution >= 0.6 is 11.3 Å². The van der Waals surface area contributed by atoms with E-state index in [1.165, 1.54) is 29.0 Å². The smallest absolute Gasteiger partial charge is 0.00967 e. The molecular formula is C16H29NS. The highest BCUT2D eigenvalue weighted by molar-refractivity contribution is 7.11. The van der Waals surface area contributed by atoms with E-state index in [-0.39, 0.29) is 5.54 Å². The van der Waals surface area contributed by atoms with Crippen LogP contribution in [-0.2, 0) is 12.8 Å². The van der Waals surface area contributed by atoms with Crippen LogP contribution in [0.15, 0.2) is 12.1 Å². The Labute approximate surface area is 117 Å². The summed E-state index contributed by atoms with van der Waals surface area (Å²) in [4.78, 5) is 3.05. The Balaban J connectivity index is 2.41. The molecule has 1 aromatic heterocycles. The van der Waals surface area contributed by atoms with E-state index in [2.05, 4.69) is 59.0 Å². The zero-order chi connectivity index (χ0) is 13.8. The first-order valence-corrected chi connectivity index (χ1v) is 7.86. The first-order chi connectivity index (χ1) is 8.22. The summed E-state index contributed by atoms with van der Waals surface area (Å²) in [6, 6.07) is 4.58. The molecule has 1 aromatic rings. The molecule has 1 heterocycles. The molecule has 0 saturated carbocycles. The normalized spacial score (nSPS) is 13.0. The highest BCUT2D eigenvalue weighted by atomic mass is 32.1. The van der Waals surface area contributed by atoms with E-state index in [1.54, 1.807) is 0 Å². The van der Waals surface area contributed by atoms with Gasteiger partial charge < -0.3 is 5.32 Å². The molecule has 0 spiro atoms. The predicted molar refractivity (Wildman–Crippen MR) is 83.6 cm³/mol. The van der Waals surface area contributed by atoms with Crippen LogP contribution in [0.1, 0.15) is 57.7 Å². The van der Waals surface area contributed by atoms with Crippen molar-refractivity contribution in [2.24, 2.45) is 5.41 Å². The van der Waals surface area contributed by atoms with Crippen molar-refractivity contribution in [3.63, 3.8) is 0 Å². The van der Waals surface area contributed by atoms with Gasteiger partial charge in [-0.2, -0.15) is 0 Å². The molecule has 0 aliphatic heterocycles. The maximum Gasteiger partial charge on any atom is 0.00967 e. The minimum Gasteiger partial charge on any atom is -0.312 e. The van der Waals surface area contributed by atoms with Crippen LogP contribution in [-0.4, -0.2) is 12.1 Å². The van der Waals surface area contributed by atoms with Crippen molar-refractivity contribution in [2.75, 3.05) is 6.54 Å². The van der Waals surface area contributed by atoms with E-state index in [4.69, 9.17) is 0 Å². The quantitative estimate of drug-likeness (QED) is 0.790. The van der Waals surface area contributed by atoms with Crippen LogP contribution in [0, 0.1) is 5.41 Å². The monoisotopic (exact) mass is 267 g/mol. The van der Waals surface area contributed by atoms with Crippen molar-refractivity contribution < 1.29 is 0 Å². The Morgan fingerprint density at radius 1 is 1.06 bits per heavy atom. The molecule has 18 heavy (non-hydrogen) atoms. The lowest BCUT2D eigenvalue weighted by molar-refractivity contribution is 0.274. The van der Waals surface area contributed by atoms with Crippen LogP contribution in [0.4, 0.5) is 0 Å². The average Bonchev–Trinajstić information content (AvgIpc) is 2.71. The van der Waals surface area contributed by atoms with Crippen LogP contribution < -0.4 is 5.32 Å². The fourth-order valence-corrected chi connectivity index (χ4v) is 2.76. The zero-order valence-electron chi connectivity index (χ0n) is 12.9. The summed E-state index contributed by atoms with van der Waals surface area (Å²) in [6.45, 7) is 14.7. The van der Waals surface area contributed by atoms with Gasteiger partial charge in [0.15, 0.2) is 0 Å². The van der Waals surface area contributed by atoms with E-state index in [0.717, 1.165) is 6.54 Å². The lowest BCUT2D eigenvalue weighted by atomic mass is 9.86. The van der Waals surface area contributed by atoms with Gasteiger partial charge in [0, 0.05) is 21.8 Å². The molecule has 0 amide bonds. The van der Waals surface area contributed by atoms with Crippen molar-refractivity contribution >= 4 is 11.3 Å². The largest absolute Gasteiger partial charge is 0.312 e. The molecule has 0 radical (unpaired) electrons. The molecule has 0 atom stereocenters. The van der Waals surface area contributed by atoms with E-state index >= 15 is 0 Å². The standard InChI is InChI=1S/C16H29NS/c1-7-13-8-9-14(18-13)10-11-16(5,6)12-17-15(2,3)4/h8-9,17H,7,10-12H2,1-6H3. The summed E-state index contributed by atoms with van der Waals surface area (Å²) in [7, 11) is 0. The fraction of sp³-hybridized carbons (Fsp3) is 0.750. The van der Waals surface area contributed by atoms with Gasteiger partial charge in [0.25, 0.3) is 0 Å². The number of rotatable bonds is 6. The number of hydrogen-bond acceptors (Lipinski definition) is 2. The van der Waals surface area contributed by atoms with Crippen LogP contribution in [0.2, 0.25) is 0 Å². The van der Waals surface area contributed by atoms with Crippen molar-refractivity contribution in [3.8, 4) is 0 Å². The average molecular weight is 267 g/mol. The van der Waals surface area contributed by atoms with Gasteiger partial charge in [-0.05, 0) is 57.6 Å². The summed E-state index contributed by atoms with van der Waals surface area (Å²) >= 11 is 1.98. The highest BCUT2D eigenvalue weighted by Gasteiger charge is 2.20. The van der Waals surface area contributed by atoms with Gasteiger partial charge in [-0.1, -0.05) is 20.8 Å². The minimum atomic E-state index is 0.218. The number of aryl methyl sites for hydroxylation is 2. The van der Waals surface area contributed by atoms with Crippen molar-refractivity contribution in [3.05, 3.63) is 21.9 Å². The first-order valence-electron chi connectivity index (χ1n) is 7.04. The lowest BCUT2D eigenvalue weighted by Crippen LogP contribution is -2.42. The van der Waals surface area contributed by atoms with E-state index in [1.807, 2.05) is 11.3 Å². The maximum atomic E-state index is 3.62. The molecule has 0 aliphatic rings. The van der Waals surface area contributed by atoms with Gasteiger partial charge >= 0.3 is 0 Å². The third-order valence-electron chi connectivity index (χ3n) is 3.21. The van der Waals surface area contributed by atoms with Gasteiger partial charge in [0.1, 0.15) is 0 Å². The van der Waals surface area contributed by atoms with Gasteiger partial charge in [-0.3, -0.25) is 0 Å².